The molecule has 0 saturated carbocycles. The number of hydrogen-bond donors (Lipinski definition) is 0. The Morgan fingerprint density at radius 3 is 2.58 bits per heavy atom. The van der Waals surface area contributed by atoms with Crippen molar-refractivity contribution in [2.45, 2.75) is 13.5 Å². The van der Waals surface area contributed by atoms with Crippen molar-refractivity contribution in [3.8, 4) is 0 Å². The second kappa shape index (κ2) is 8.19. The maximum absolute atomic E-state index is 13.4. The van der Waals surface area contributed by atoms with Crippen LogP contribution in [0.15, 0.2) is 48.8 Å². The zero-order chi connectivity index (χ0) is 17.5. The maximum Gasteiger partial charge on any atom is 0.310 e. The monoisotopic (exact) mass is 330 g/mol. The Morgan fingerprint density at radius 1 is 1.25 bits per heavy atom. The third kappa shape index (κ3) is 4.62. The topological polar surface area (TPSA) is 59.5 Å². The Labute approximate surface area is 140 Å². The van der Waals surface area contributed by atoms with Crippen LogP contribution in [0.2, 0.25) is 0 Å². The Kier molecular flexibility index (Phi) is 6.01. The minimum absolute atomic E-state index is 0.171. The third-order valence-electron chi connectivity index (χ3n) is 3.58. The lowest BCUT2D eigenvalue weighted by atomic mass is 10.1. The number of amides is 1. The van der Waals surface area contributed by atoms with E-state index >= 15 is 0 Å². The summed E-state index contributed by atoms with van der Waals surface area (Å²) < 4.78 is 18.1. The average molecular weight is 330 g/mol. The largest absolute Gasteiger partial charge is 0.469 e. The second-order valence-corrected chi connectivity index (χ2v) is 5.48. The number of carbonyl (C=O) groups is 2. The van der Waals surface area contributed by atoms with Crippen molar-refractivity contribution in [3.05, 3.63) is 65.7 Å². The minimum atomic E-state index is -0.491. The van der Waals surface area contributed by atoms with E-state index in [1.807, 2.05) is 0 Å². The number of methoxy groups -OCH3 is 1. The number of rotatable bonds is 6. The highest BCUT2D eigenvalue weighted by atomic mass is 19.1. The molecule has 1 heterocycles. The summed E-state index contributed by atoms with van der Waals surface area (Å²) in [6.07, 6.45) is 3.26. The first-order chi connectivity index (χ1) is 11.5. The molecule has 0 saturated heterocycles. The van der Waals surface area contributed by atoms with Crippen LogP contribution in [0.5, 0.6) is 0 Å². The number of hydrogen-bond acceptors (Lipinski definition) is 4. The van der Waals surface area contributed by atoms with E-state index in [-0.39, 0.29) is 18.0 Å². The number of pyridine rings is 1. The normalized spacial score (nSPS) is 11.6. The summed E-state index contributed by atoms with van der Waals surface area (Å²) in [5.74, 6) is -1.72. The SMILES string of the molecule is COC(=O)C(C)CN(Cc1ccncc1)C(=O)c1cccc(F)c1. The van der Waals surface area contributed by atoms with Gasteiger partial charge in [-0.15, -0.1) is 0 Å². The zero-order valence-electron chi connectivity index (χ0n) is 13.6. The molecule has 0 aliphatic heterocycles. The van der Waals surface area contributed by atoms with Crippen molar-refractivity contribution in [1.29, 1.82) is 0 Å². The van der Waals surface area contributed by atoms with Crippen LogP contribution in [-0.4, -0.2) is 35.4 Å². The van der Waals surface area contributed by atoms with E-state index in [0.29, 0.717) is 6.54 Å². The van der Waals surface area contributed by atoms with Gasteiger partial charge < -0.3 is 9.64 Å². The summed E-state index contributed by atoms with van der Waals surface area (Å²) in [5, 5.41) is 0. The zero-order valence-corrected chi connectivity index (χ0v) is 13.6. The van der Waals surface area contributed by atoms with Crippen LogP contribution in [-0.2, 0) is 16.1 Å². The van der Waals surface area contributed by atoms with Gasteiger partial charge in [0.1, 0.15) is 5.82 Å². The Balaban J connectivity index is 2.24. The van der Waals surface area contributed by atoms with Gasteiger partial charge in [0.2, 0.25) is 0 Å². The van der Waals surface area contributed by atoms with Gasteiger partial charge in [-0.05, 0) is 35.9 Å². The molecule has 6 heteroatoms. The van der Waals surface area contributed by atoms with Crippen molar-refractivity contribution in [2.24, 2.45) is 5.92 Å². The van der Waals surface area contributed by atoms with Gasteiger partial charge in [-0.1, -0.05) is 13.0 Å². The summed E-state index contributed by atoms with van der Waals surface area (Å²) in [5.41, 5.74) is 1.10. The number of ether oxygens (including phenoxy) is 1. The fourth-order valence-corrected chi connectivity index (χ4v) is 2.34. The van der Waals surface area contributed by atoms with Crippen molar-refractivity contribution in [1.82, 2.24) is 9.88 Å². The maximum atomic E-state index is 13.4. The van der Waals surface area contributed by atoms with Crippen molar-refractivity contribution < 1.29 is 18.7 Å². The van der Waals surface area contributed by atoms with Gasteiger partial charge >= 0.3 is 5.97 Å². The lowest BCUT2D eigenvalue weighted by Crippen LogP contribution is -2.37. The van der Waals surface area contributed by atoms with Gasteiger partial charge in [0.15, 0.2) is 0 Å². The quantitative estimate of drug-likeness (QED) is 0.764. The van der Waals surface area contributed by atoms with Crippen LogP contribution in [0.4, 0.5) is 4.39 Å². The van der Waals surface area contributed by atoms with Crippen LogP contribution < -0.4 is 0 Å². The van der Waals surface area contributed by atoms with Gasteiger partial charge in [0.25, 0.3) is 5.91 Å². The Morgan fingerprint density at radius 2 is 1.96 bits per heavy atom. The van der Waals surface area contributed by atoms with Gasteiger partial charge in [-0.3, -0.25) is 14.6 Å². The molecule has 1 aromatic heterocycles. The Hall–Kier alpha value is -2.76. The van der Waals surface area contributed by atoms with E-state index in [1.165, 1.54) is 30.2 Å². The molecule has 1 atom stereocenters. The number of benzene rings is 1. The number of esters is 1. The number of aromatic nitrogens is 1. The van der Waals surface area contributed by atoms with Crippen molar-refractivity contribution in [3.63, 3.8) is 0 Å². The smallest absolute Gasteiger partial charge is 0.310 e. The molecule has 0 aliphatic rings. The summed E-state index contributed by atoms with van der Waals surface area (Å²) in [6, 6.07) is 9.07. The van der Waals surface area contributed by atoms with E-state index in [1.54, 1.807) is 37.5 Å². The number of nitrogens with zero attached hydrogens (tertiary/aromatic N) is 2. The number of carbonyl (C=O) groups excluding carboxylic acids is 2. The molecule has 2 rings (SSSR count). The molecule has 126 valence electrons. The third-order valence-corrected chi connectivity index (χ3v) is 3.58. The van der Waals surface area contributed by atoms with E-state index in [9.17, 15) is 14.0 Å². The highest BCUT2D eigenvalue weighted by Crippen LogP contribution is 2.14. The number of halogens is 1. The van der Waals surface area contributed by atoms with Gasteiger partial charge in [-0.25, -0.2) is 4.39 Å². The highest BCUT2D eigenvalue weighted by Gasteiger charge is 2.23. The molecule has 1 amide bonds. The molecule has 2 aromatic rings. The van der Waals surface area contributed by atoms with Gasteiger partial charge in [0.05, 0.1) is 13.0 Å². The average Bonchev–Trinajstić information content (AvgIpc) is 2.60. The first kappa shape index (κ1) is 17.6. The molecule has 24 heavy (non-hydrogen) atoms. The van der Waals surface area contributed by atoms with Crippen molar-refractivity contribution >= 4 is 11.9 Å². The first-order valence-electron chi connectivity index (χ1n) is 7.53. The van der Waals surface area contributed by atoms with Crippen molar-refractivity contribution in [2.75, 3.05) is 13.7 Å². The predicted octanol–water partition coefficient (Wildman–Crippen LogP) is 2.67. The summed E-state index contributed by atoms with van der Waals surface area (Å²) >= 11 is 0. The fourth-order valence-electron chi connectivity index (χ4n) is 2.34. The summed E-state index contributed by atoms with van der Waals surface area (Å²) in [7, 11) is 1.31. The molecule has 5 nitrogen and oxygen atoms in total. The van der Waals surface area contributed by atoms with Crippen LogP contribution in [0.25, 0.3) is 0 Å². The Bertz CT molecular complexity index is 706. The second-order valence-electron chi connectivity index (χ2n) is 5.48. The predicted molar refractivity (Wildman–Crippen MR) is 86.6 cm³/mol. The molecule has 0 spiro atoms. The summed E-state index contributed by atoms with van der Waals surface area (Å²) in [4.78, 5) is 29.9. The minimum Gasteiger partial charge on any atom is -0.469 e. The van der Waals surface area contributed by atoms with E-state index in [0.717, 1.165) is 5.56 Å². The van der Waals surface area contributed by atoms with E-state index < -0.39 is 17.7 Å². The molecular weight excluding hydrogens is 311 g/mol. The highest BCUT2D eigenvalue weighted by molar-refractivity contribution is 5.94. The molecule has 0 radical (unpaired) electrons. The molecule has 0 fully saturated rings. The van der Waals surface area contributed by atoms with Crippen LogP contribution in [0.1, 0.15) is 22.8 Å². The van der Waals surface area contributed by atoms with Crippen LogP contribution >= 0.6 is 0 Å². The standard InChI is InChI=1S/C18H19FN2O3/c1-13(18(23)24-2)11-21(12-14-6-8-20-9-7-14)17(22)15-4-3-5-16(19)10-15/h3-10,13H,11-12H2,1-2H3. The van der Waals surface area contributed by atoms with Crippen LogP contribution in [0, 0.1) is 11.7 Å². The van der Waals surface area contributed by atoms with Gasteiger partial charge in [-0.2, -0.15) is 0 Å². The lowest BCUT2D eigenvalue weighted by molar-refractivity contribution is -0.145. The molecule has 0 aliphatic carbocycles. The lowest BCUT2D eigenvalue weighted by Gasteiger charge is -2.25. The molecule has 0 N–H and O–H groups in total. The van der Waals surface area contributed by atoms with E-state index in [4.69, 9.17) is 4.74 Å². The molecule has 0 bridgehead atoms. The molecule has 1 unspecified atom stereocenters. The van der Waals surface area contributed by atoms with Crippen LogP contribution in [0.3, 0.4) is 0 Å². The van der Waals surface area contributed by atoms with E-state index in [2.05, 4.69) is 4.98 Å². The molecular formula is C18H19FN2O3. The fraction of sp³-hybridized carbons (Fsp3) is 0.278. The van der Waals surface area contributed by atoms with Gasteiger partial charge in [0, 0.05) is 31.0 Å². The summed E-state index contributed by atoms with van der Waals surface area (Å²) in [6.45, 7) is 2.15. The first-order valence-corrected chi connectivity index (χ1v) is 7.53. The molecule has 1 aromatic carbocycles.